The van der Waals surface area contributed by atoms with Crippen molar-refractivity contribution < 1.29 is 14.6 Å². The van der Waals surface area contributed by atoms with Crippen LogP contribution in [0.2, 0.25) is 10.0 Å². The number of aliphatic carboxylic acids is 1. The summed E-state index contributed by atoms with van der Waals surface area (Å²) in [5.74, 6) is 0.0673. The highest BCUT2D eigenvalue weighted by Crippen LogP contribution is 2.52. The lowest BCUT2D eigenvalue weighted by Gasteiger charge is -2.19. The molecule has 2 aliphatic rings. The van der Waals surface area contributed by atoms with Gasteiger partial charge in [-0.1, -0.05) is 59.6 Å². The van der Waals surface area contributed by atoms with Crippen molar-refractivity contribution in [2.75, 3.05) is 20.2 Å². The Morgan fingerprint density at radius 3 is 2.47 bits per heavy atom. The Labute approximate surface area is 195 Å². The van der Waals surface area contributed by atoms with E-state index in [0.717, 1.165) is 35.5 Å². The number of carboxylic acids is 1. The van der Waals surface area contributed by atoms with Crippen LogP contribution in [0, 0.1) is 17.8 Å². The standard InChI is InChI=1S/C24H21Cl2N3O3/c1-32-23-20(12-29-10-16-17(11-29)21(16)24(30)31)27-9-19(28-23)15-7-4-6-14(22(15)26)13-5-2-3-8-18(13)25/h2-9,16-17,21H,10-12H2,1H3,(H,30,31)/t16-,17+,21?. The number of ether oxygens (including phenoxy) is 1. The zero-order valence-corrected chi connectivity index (χ0v) is 18.8. The fourth-order valence-electron chi connectivity index (χ4n) is 4.74. The quantitative estimate of drug-likeness (QED) is 0.553. The molecule has 0 bridgehead atoms. The van der Waals surface area contributed by atoms with Gasteiger partial charge in [-0.25, -0.2) is 4.98 Å². The zero-order valence-electron chi connectivity index (χ0n) is 17.3. The zero-order chi connectivity index (χ0) is 22.4. The van der Waals surface area contributed by atoms with E-state index < -0.39 is 5.97 Å². The predicted molar refractivity (Wildman–Crippen MR) is 123 cm³/mol. The third kappa shape index (κ3) is 3.72. The van der Waals surface area contributed by atoms with Crippen molar-refractivity contribution in [2.45, 2.75) is 6.54 Å². The van der Waals surface area contributed by atoms with Crippen LogP contribution in [0.5, 0.6) is 5.88 Å². The van der Waals surface area contributed by atoms with Crippen LogP contribution >= 0.6 is 23.2 Å². The van der Waals surface area contributed by atoms with E-state index in [4.69, 9.17) is 27.9 Å². The molecule has 164 valence electrons. The number of carbonyl (C=O) groups is 1. The van der Waals surface area contributed by atoms with E-state index in [1.807, 2.05) is 42.5 Å². The smallest absolute Gasteiger partial charge is 0.307 e. The molecule has 1 aliphatic heterocycles. The van der Waals surface area contributed by atoms with Crippen LogP contribution in [-0.4, -0.2) is 46.1 Å². The van der Waals surface area contributed by atoms with Crippen molar-refractivity contribution in [1.82, 2.24) is 14.9 Å². The highest BCUT2D eigenvalue weighted by molar-refractivity contribution is 6.38. The maximum atomic E-state index is 11.2. The van der Waals surface area contributed by atoms with Gasteiger partial charge in [0.2, 0.25) is 5.88 Å². The van der Waals surface area contributed by atoms with Crippen LogP contribution in [0.3, 0.4) is 0 Å². The molecule has 0 radical (unpaired) electrons. The lowest BCUT2D eigenvalue weighted by molar-refractivity contribution is -0.139. The Morgan fingerprint density at radius 2 is 1.78 bits per heavy atom. The predicted octanol–water partition coefficient (Wildman–Crippen LogP) is 4.89. The van der Waals surface area contributed by atoms with Crippen molar-refractivity contribution in [2.24, 2.45) is 17.8 Å². The number of hydrogen-bond acceptors (Lipinski definition) is 5. The second-order valence-corrected chi connectivity index (χ2v) is 9.03. The Bertz CT molecular complexity index is 1190. The molecule has 0 amide bonds. The van der Waals surface area contributed by atoms with Crippen LogP contribution in [0.1, 0.15) is 5.69 Å². The number of halogens is 2. The van der Waals surface area contributed by atoms with E-state index in [2.05, 4.69) is 14.9 Å². The molecule has 2 aromatic carbocycles. The van der Waals surface area contributed by atoms with Gasteiger partial charge >= 0.3 is 5.97 Å². The van der Waals surface area contributed by atoms with E-state index >= 15 is 0 Å². The van der Waals surface area contributed by atoms with Gasteiger partial charge < -0.3 is 9.84 Å². The van der Waals surface area contributed by atoms with Crippen molar-refractivity contribution in [1.29, 1.82) is 0 Å². The number of rotatable bonds is 6. The van der Waals surface area contributed by atoms with Crippen LogP contribution in [0.15, 0.2) is 48.7 Å². The van der Waals surface area contributed by atoms with E-state index in [-0.39, 0.29) is 17.8 Å². The first kappa shape index (κ1) is 21.2. The van der Waals surface area contributed by atoms with E-state index in [9.17, 15) is 9.90 Å². The summed E-state index contributed by atoms with van der Waals surface area (Å²) in [5.41, 5.74) is 3.75. The average molecular weight is 470 g/mol. The first-order valence-corrected chi connectivity index (χ1v) is 11.1. The summed E-state index contributed by atoms with van der Waals surface area (Å²) in [4.78, 5) is 22.7. The number of carboxylic acid groups (broad SMARTS) is 1. The summed E-state index contributed by atoms with van der Waals surface area (Å²) in [5, 5.41) is 10.4. The average Bonchev–Trinajstić information content (AvgIpc) is 3.31. The molecule has 1 aliphatic carbocycles. The second kappa shape index (κ2) is 8.35. The van der Waals surface area contributed by atoms with E-state index in [1.165, 1.54) is 0 Å². The number of nitrogens with zero attached hydrogens (tertiary/aromatic N) is 3. The Morgan fingerprint density at radius 1 is 1.09 bits per heavy atom. The third-order valence-electron chi connectivity index (χ3n) is 6.37. The molecule has 3 aromatic rings. The van der Waals surface area contributed by atoms with Gasteiger partial charge in [0, 0.05) is 41.3 Å². The van der Waals surface area contributed by atoms with Crippen molar-refractivity contribution in [3.05, 3.63) is 64.4 Å². The number of likely N-dealkylation sites (tertiary alicyclic amines) is 1. The lowest BCUT2D eigenvalue weighted by Crippen LogP contribution is -2.26. The van der Waals surface area contributed by atoms with Crippen LogP contribution in [0.4, 0.5) is 0 Å². The summed E-state index contributed by atoms with van der Waals surface area (Å²) < 4.78 is 5.53. The number of fused-ring (bicyclic) bond motifs is 1. The molecule has 1 saturated carbocycles. The first-order valence-electron chi connectivity index (χ1n) is 10.4. The highest BCUT2D eigenvalue weighted by Gasteiger charge is 2.59. The fraction of sp³-hybridized carbons (Fsp3) is 0.292. The van der Waals surface area contributed by atoms with Gasteiger partial charge in [0.05, 0.1) is 29.9 Å². The molecule has 1 N–H and O–H groups in total. The number of piperidine rings is 1. The Kier molecular flexibility index (Phi) is 5.53. The monoisotopic (exact) mass is 469 g/mol. The van der Waals surface area contributed by atoms with Crippen LogP contribution in [0.25, 0.3) is 22.4 Å². The first-order chi connectivity index (χ1) is 15.5. The summed E-state index contributed by atoms with van der Waals surface area (Å²) in [6, 6.07) is 13.3. The summed E-state index contributed by atoms with van der Waals surface area (Å²) in [6.45, 7) is 2.10. The lowest BCUT2D eigenvalue weighted by atomic mass is 10.0. The van der Waals surface area contributed by atoms with Gasteiger partial charge in [0.25, 0.3) is 0 Å². The Balaban J connectivity index is 1.40. The molecule has 1 aromatic heterocycles. The fourth-order valence-corrected chi connectivity index (χ4v) is 5.30. The molecule has 6 nitrogen and oxygen atoms in total. The number of hydrogen-bond donors (Lipinski definition) is 1. The van der Waals surface area contributed by atoms with Gasteiger partial charge in [-0.05, 0) is 17.9 Å². The van der Waals surface area contributed by atoms with Gasteiger partial charge in [0.15, 0.2) is 0 Å². The van der Waals surface area contributed by atoms with Gasteiger partial charge in [-0.3, -0.25) is 14.7 Å². The highest BCUT2D eigenvalue weighted by atomic mass is 35.5. The maximum Gasteiger partial charge on any atom is 0.307 e. The summed E-state index contributed by atoms with van der Waals surface area (Å²) >= 11 is 13.1. The molecular formula is C24H21Cl2N3O3. The molecule has 2 fully saturated rings. The molecule has 1 unspecified atom stereocenters. The molecule has 32 heavy (non-hydrogen) atoms. The normalized spacial score (nSPS) is 21.9. The molecule has 2 heterocycles. The SMILES string of the molecule is COc1nc(-c2cccc(-c3ccccc3Cl)c2Cl)cnc1CN1C[C@@H]2C(C(=O)O)[C@@H]2C1. The minimum absolute atomic E-state index is 0.186. The van der Waals surface area contributed by atoms with Gasteiger partial charge in [-0.2, -0.15) is 0 Å². The van der Waals surface area contributed by atoms with E-state index in [0.29, 0.717) is 28.2 Å². The third-order valence-corrected chi connectivity index (χ3v) is 7.11. The topological polar surface area (TPSA) is 75.6 Å². The van der Waals surface area contributed by atoms with Gasteiger partial charge in [0.1, 0.15) is 5.69 Å². The van der Waals surface area contributed by atoms with Crippen molar-refractivity contribution in [3.63, 3.8) is 0 Å². The molecule has 0 spiro atoms. The molecule has 5 rings (SSSR count). The van der Waals surface area contributed by atoms with Crippen molar-refractivity contribution in [3.8, 4) is 28.3 Å². The molecular weight excluding hydrogens is 449 g/mol. The van der Waals surface area contributed by atoms with Crippen LogP contribution < -0.4 is 4.74 Å². The maximum absolute atomic E-state index is 11.2. The van der Waals surface area contributed by atoms with Crippen LogP contribution in [-0.2, 0) is 11.3 Å². The minimum Gasteiger partial charge on any atom is -0.481 e. The van der Waals surface area contributed by atoms with E-state index in [1.54, 1.807) is 13.3 Å². The minimum atomic E-state index is -0.683. The number of benzene rings is 2. The second-order valence-electron chi connectivity index (χ2n) is 8.24. The molecule has 8 heteroatoms. The summed E-state index contributed by atoms with van der Waals surface area (Å²) in [7, 11) is 1.57. The number of methoxy groups -OCH3 is 1. The molecule has 3 atom stereocenters. The number of aromatic nitrogens is 2. The molecule has 1 saturated heterocycles. The Hall–Kier alpha value is -2.67. The van der Waals surface area contributed by atoms with Crippen molar-refractivity contribution >= 4 is 29.2 Å². The largest absolute Gasteiger partial charge is 0.481 e. The summed E-state index contributed by atoms with van der Waals surface area (Å²) in [6.07, 6.45) is 1.70. The van der Waals surface area contributed by atoms with Gasteiger partial charge in [-0.15, -0.1) is 0 Å².